The van der Waals surface area contributed by atoms with Gasteiger partial charge in [0, 0.05) is 25.4 Å². The smallest absolute Gasteiger partial charge is 0.206 e. The van der Waals surface area contributed by atoms with Crippen LogP contribution in [0.2, 0.25) is 0 Å². The molecule has 1 saturated heterocycles. The number of rotatable bonds is 4. The molecule has 2 N–H and O–H groups in total. The second kappa shape index (κ2) is 7.44. The SMILES string of the molecule is [C-]#[N+]c1ccc(Cn2c(N3CC[C@@H](F)[C@H](N)C3)nc3ccc(OC)cc32)nc1. The molecule has 7 nitrogen and oxygen atoms in total. The zero-order valence-electron chi connectivity index (χ0n) is 15.5. The van der Waals surface area contributed by atoms with Gasteiger partial charge in [0.1, 0.15) is 11.9 Å². The Morgan fingerprint density at radius 3 is 2.89 bits per heavy atom. The Hall–Kier alpha value is -3.18. The van der Waals surface area contributed by atoms with Crippen molar-refractivity contribution in [2.45, 2.75) is 25.2 Å². The van der Waals surface area contributed by atoms with Gasteiger partial charge >= 0.3 is 0 Å². The van der Waals surface area contributed by atoms with Crippen LogP contribution in [0.3, 0.4) is 0 Å². The van der Waals surface area contributed by atoms with Crippen LogP contribution in [0.25, 0.3) is 15.9 Å². The number of methoxy groups -OCH3 is 1. The van der Waals surface area contributed by atoms with Crippen molar-refractivity contribution in [3.05, 3.63) is 53.6 Å². The van der Waals surface area contributed by atoms with Crippen molar-refractivity contribution >= 4 is 22.7 Å². The fourth-order valence-electron chi connectivity index (χ4n) is 3.49. The summed E-state index contributed by atoms with van der Waals surface area (Å²) < 4.78 is 21.3. The summed E-state index contributed by atoms with van der Waals surface area (Å²) in [6.07, 6.45) is 0.953. The lowest BCUT2D eigenvalue weighted by molar-refractivity contribution is 0.243. The lowest BCUT2D eigenvalue weighted by Gasteiger charge is -2.34. The number of imidazole rings is 1. The second-order valence-corrected chi connectivity index (χ2v) is 6.89. The lowest BCUT2D eigenvalue weighted by Crippen LogP contribution is -2.50. The van der Waals surface area contributed by atoms with Crippen LogP contribution in [0, 0.1) is 6.57 Å². The number of alkyl halides is 1. The van der Waals surface area contributed by atoms with Gasteiger partial charge in [-0.3, -0.25) is 4.98 Å². The molecule has 0 aliphatic carbocycles. The van der Waals surface area contributed by atoms with E-state index in [1.54, 1.807) is 19.4 Å². The Morgan fingerprint density at radius 1 is 1.36 bits per heavy atom. The van der Waals surface area contributed by atoms with E-state index in [1.165, 1.54) is 0 Å². The predicted molar refractivity (Wildman–Crippen MR) is 106 cm³/mol. The maximum absolute atomic E-state index is 13.9. The molecule has 0 amide bonds. The van der Waals surface area contributed by atoms with E-state index in [4.69, 9.17) is 22.0 Å². The fraction of sp³-hybridized carbons (Fsp3) is 0.350. The molecule has 0 spiro atoms. The summed E-state index contributed by atoms with van der Waals surface area (Å²) >= 11 is 0. The highest BCUT2D eigenvalue weighted by Crippen LogP contribution is 2.29. The van der Waals surface area contributed by atoms with E-state index in [0.29, 0.717) is 31.7 Å². The number of aromatic nitrogens is 3. The highest BCUT2D eigenvalue weighted by Gasteiger charge is 2.29. The number of halogens is 1. The molecule has 1 aromatic carbocycles. The van der Waals surface area contributed by atoms with Gasteiger partial charge in [-0.15, -0.1) is 0 Å². The summed E-state index contributed by atoms with van der Waals surface area (Å²) in [5.41, 5.74) is 9.00. The van der Waals surface area contributed by atoms with Crippen LogP contribution in [0.15, 0.2) is 36.5 Å². The molecule has 0 unspecified atom stereocenters. The topological polar surface area (TPSA) is 73.6 Å². The fourth-order valence-corrected chi connectivity index (χ4v) is 3.49. The van der Waals surface area contributed by atoms with Crippen molar-refractivity contribution in [1.82, 2.24) is 14.5 Å². The molecule has 2 atom stereocenters. The lowest BCUT2D eigenvalue weighted by atomic mass is 10.1. The van der Waals surface area contributed by atoms with Gasteiger partial charge in [0.2, 0.25) is 11.6 Å². The monoisotopic (exact) mass is 380 g/mol. The van der Waals surface area contributed by atoms with Gasteiger partial charge in [-0.2, -0.15) is 0 Å². The number of nitrogens with two attached hydrogens (primary N) is 1. The van der Waals surface area contributed by atoms with Gasteiger partial charge in [0.15, 0.2) is 0 Å². The number of pyridine rings is 1. The molecule has 2 aromatic heterocycles. The van der Waals surface area contributed by atoms with Crippen LogP contribution in [0.4, 0.5) is 16.0 Å². The van der Waals surface area contributed by atoms with Crippen molar-refractivity contribution in [2.75, 3.05) is 25.1 Å². The quantitative estimate of drug-likeness (QED) is 0.705. The Balaban J connectivity index is 1.77. The number of hydrogen-bond donors (Lipinski definition) is 1. The molecule has 3 aromatic rings. The third-order valence-corrected chi connectivity index (χ3v) is 5.05. The van der Waals surface area contributed by atoms with Gasteiger partial charge in [-0.1, -0.05) is 6.07 Å². The van der Waals surface area contributed by atoms with Crippen molar-refractivity contribution in [3.63, 3.8) is 0 Å². The average Bonchev–Trinajstić information content (AvgIpc) is 3.08. The molecular weight excluding hydrogens is 359 g/mol. The number of anilines is 1. The minimum absolute atomic E-state index is 0.381. The molecule has 28 heavy (non-hydrogen) atoms. The van der Waals surface area contributed by atoms with Gasteiger partial charge in [-0.25, -0.2) is 14.2 Å². The Labute approximate surface area is 162 Å². The van der Waals surface area contributed by atoms with Crippen LogP contribution < -0.4 is 15.4 Å². The van der Waals surface area contributed by atoms with Gasteiger partial charge in [-0.05, 0) is 24.6 Å². The molecule has 4 rings (SSSR count). The standard InChI is InChI=1S/C20H21FN6O/c1-23-13-3-4-14(24-10-13)11-27-19-9-15(28-2)5-6-18(19)25-20(27)26-8-7-16(21)17(22)12-26/h3-6,9-10,16-17H,7-8,11-12,22H2,2H3/t16-,17-/m1/s1. The van der Waals surface area contributed by atoms with E-state index in [2.05, 4.69) is 9.83 Å². The van der Waals surface area contributed by atoms with Crippen LogP contribution in [0.1, 0.15) is 12.1 Å². The summed E-state index contributed by atoms with van der Waals surface area (Å²) in [5, 5.41) is 0. The van der Waals surface area contributed by atoms with Crippen LogP contribution >= 0.6 is 0 Å². The molecular formula is C20H21FN6O. The van der Waals surface area contributed by atoms with Crippen LogP contribution in [-0.4, -0.2) is 46.9 Å². The number of ether oxygens (including phenoxy) is 1. The second-order valence-electron chi connectivity index (χ2n) is 6.89. The van der Waals surface area contributed by atoms with Gasteiger partial charge in [0.25, 0.3) is 0 Å². The number of fused-ring (bicyclic) bond motifs is 1. The molecule has 0 saturated carbocycles. The summed E-state index contributed by atoms with van der Waals surface area (Å²) in [5.74, 6) is 1.47. The molecule has 0 bridgehead atoms. The zero-order chi connectivity index (χ0) is 19.7. The summed E-state index contributed by atoms with van der Waals surface area (Å²) in [6.45, 7) is 8.51. The van der Waals surface area contributed by atoms with Crippen molar-refractivity contribution in [3.8, 4) is 5.75 Å². The Kier molecular flexibility index (Phi) is 4.84. The molecule has 1 aliphatic rings. The maximum Gasteiger partial charge on any atom is 0.206 e. The number of benzene rings is 1. The van der Waals surface area contributed by atoms with Crippen molar-refractivity contribution in [1.29, 1.82) is 0 Å². The van der Waals surface area contributed by atoms with E-state index < -0.39 is 12.2 Å². The zero-order valence-corrected chi connectivity index (χ0v) is 15.5. The predicted octanol–water partition coefficient (Wildman–Crippen LogP) is 2.91. The van der Waals surface area contributed by atoms with Crippen molar-refractivity contribution in [2.24, 2.45) is 5.73 Å². The van der Waals surface area contributed by atoms with E-state index >= 15 is 0 Å². The third kappa shape index (κ3) is 3.37. The first-order chi connectivity index (χ1) is 13.6. The third-order valence-electron chi connectivity index (χ3n) is 5.05. The normalized spacial score (nSPS) is 19.6. The highest BCUT2D eigenvalue weighted by molar-refractivity contribution is 5.80. The van der Waals surface area contributed by atoms with Gasteiger partial charge in [0.05, 0.1) is 43.0 Å². The largest absolute Gasteiger partial charge is 0.497 e. The minimum atomic E-state index is -0.989. The first-order valence-electron chi connectivity index (χ1n) is 9.10. The van der Waals surface area contributed by atoms with Crippen LogP contribution in [0.5, 0.6) is 5.75 Å². The molecule has 1 fully saturated rings. The van der Waals surface area contributed by atoms with E-state index in [0.717, 1.165) is 28.4 Å². The number of piperidine rings is 1. The minimum Gasteiger partial charge on any atom is -0.497 e. The first kappa shape index (κ1) is 18.2. The highest BCUT2D eigenvalue weighted by atomic mass is 19.1. The molecule has 8 heteroatoms. The van der Waals surface area contributed by atoms with E-state index in [9.17, 15) is 4.39 Å². The van der Waals surface area contributed by atoms with Crippen molar-refractivity contribution < 1.29 is 9.13 Å². The van der Waals surface area contributed by atoms with Crippen LogP contribution in [-0.2, 0) is 6.54 Å². The van der Waals surface area contributed by atoms with E-state index in [-0.39, 0.29) is 0 Å². The molecule has 3 heterocycles. The van der Waals surface area contributed by atoms with Gasteiger partial charge < -0.3 is 19.9 Å². The number of hydrogen-bond acceptors (Lipinski definition) is 5. The maximum atomic E-state index is 13.9. The molecule has 0 radical (unpaired) electrons. The Morgan fingerprint density at radius 2 is 2.21 bits per heavy atom. The molecule has 1 aliphatic heterocycles. The molecule has 144 valence electrons. The number of nitrogens with zero attached hydrogens (tertiary/aromatic N) is 5. The average molecular weight is 380 g/mol. The Bertz CT molecular complexity index is 1030. The summed E-state index contributed by atoms with van der Waals surface area (Å²) in [4.78, 5) is 14.6. The summed E-state index contributed by atoms with van der Waals surface area (Å²) in [7, 11) is 1.62. The van der Waals surface area contributed by atoms with E-state index in [1.807, 2.05) is 33.7 Å². The first-order valence-corrected chi connectivity index (χ1v) is 9.10. The summed E-state index contributed by atoms with van der Waals surface area (Å²) in [6, 6.07) is 8.76.